The maximum absolute atomic E-state index is 14.6. The molecule has 1 aliphatic rings. The Morgan fingerprint density at radius 1 is 1.38 bits per heavy atom. The lowest BCUT2D eigenvalue weighted by atomic mass is 9.78. The average molecular weight is 402 g/mol. The van der Waals surface area contributed by atoms with Crippen molar-refractivity contribution in [3.05, 3.63) is 58.7 Å². The Bertz CT molecular complexity index is 935. The second-order valence-corrected chi connectivity index (χ2v) is 7.08. The van der Waals surface area contributed by atoms with Gasteiger partial charge in [0.05, 0.1) is 12.5 Å². The molecule has 1 aromatic heterocycles. The summed E-state index contributed by atoms with van der Waals surface area (Å²) < 4.78 is 29.1. The molecule has 1 heterocycles. The Kier molecular flexibility index (Phi) is 5.76. The van der Waals surface area contributed by atoms with Crippen molar-refractivity contribution in [1.29, 1.82) is 0 Å². The third kappa shape index (κ3) is 4.18. The van der Waals surface area contributed by atoms with E-state index in [1.807, 2.05) is 0 Å². The second-order valence-electron chi connectivity index (χ2n) is 7.08. The Hall–Kier alpha value is -3.10. The summed E-state index contributed by atoms with van der Waals surface area (Å²) in [6, 6.07) is 7.20. The zero-order valence-corrected chi connectivity index (χ0v) is 16.0. The molecule has 0 aliphatic heterocycles. The highest BCUT2D eigenvalue weighted by molar-refractivity contribution is 5.83. The number of halogens is 2. The van der Waals surface area contributed by atoms with Crippen LogP contribution < -0.4 is 0 Å². The van der Waals surface area contributed by atoms with Crippen molar-refractivity contribution in [3.63, 3.8) is 0 Å². The van der Waals surface area contributed by atoms with Crippen LogP contribution >= 0.6 is 0 Å². The smallest absolute Gasteiger partial charge is 0.257 e. The molecule has 1 saturated carbocycles. The van der Waals surface area contributed by atoms with Crippen molar-refractivity contribution >= 4 is 5.91 Å². The van der Waals surface area contributed by atoms with Gasteiger partial charge in [-0.25, -0.2) is 23.8 Å². The van der Waals surface area contributed by atoms with Gasteiger partial charge in [-0.2, -0.15) is 0 Å². The summed E-state index contributed by atoms with van der Waals surface area (Å²) in [6.45, 7) is 0. The average Bonchev–Trinajstić information content (AvgIpc) is 2.98. The van der Waals surface area contributed by atoms with Crippen molar-refractivity contribution in [2.24, 2.45) is 10.5 Å². The Balaban J connectivity index is 1.99. The molecule has 0 radical (unpaired) electrons. The summed E-state index contributed by atoms with van der Waals surface area (Å²) in [6.07, 6.45) is 2.24. The lowest BCUT2D eigenvalue weighted by Gasteiger charge is -2.31. The molecule has 152 valence electrons. The first-order valence-corrected chi connectivity index (χ1v) is 8.92. The van der Waals surface area contributed by atoms with E-state index in [0.717, 1.165) is 5.06 Å². The summed E-state index contributed by atoms with van der Waals surface area (Å²) in [5.74, 6) is -3.39. The first-order valence-electron chi connectivity index (χ1n) is 8.92. The predicted molar refractivity (Wildman–Crippen MR) is 100 cm³/mol. The van der Waals surface area contributed by atoms with Gasteiger partial charge in [-0.05, 0) is 36.1 Å². The van der Waals surface area contributed by atoms with E-state index in [4.69, 9.17) is 10.4 Å². The molecule has 2 aromatic rings. The lowest BCUT2D eigenvalue weighted by molar-refractivity contribution is -0.181. The molecule has 0 bridgehead atoms. The van der Waals surface area contributed by atoms with Gasteiger partial charge in [-0.1, -0.05) is 23.3 Å². The monoisotopic (exact) mass is 402 g/mol. The number of carbonyl (C=O) groups excluding carboxylic acids is 1. The van der Waals surface area contributed by atoms with E-state index >= 15 is 0 Å². The number of carbonyl (C=O) groups is 1. The van der Waals surface area contributed by atoms with Gasteiger partial charge < -0.3 is 0 Å². The number of azide groups is 1. The fourth-order valence-corrected chi connectivity index (χ4v) is 3.80. The normalized spacial score (nSPS) is 22.7. The number of aromatic nitrogens is 2. The molecule has 1 aliphatic carbocycles. The molecule has 0 saturated heterocycles. The predicted octanol–water partition coefficient (Wildman–Crippen LogP) is 3.80. The number of amides is 1. The zero-order valence-electron chi connectivity index (χ0n) is 16.0. The number of nitrogens with zero attached hydrogens (tertiary/aromatic N) is 6. The van der Waals surface area contributed by atoms with Gasteiger partial charge in [0.15, 0.2) is 5.82 Å². The third-order valence-electron chi connectivity index (χ3n) is 5.14. The molecule has 2 atom stereocenters. The first-order chi connectivity index (χ1) is 13.8. The van der Waals surface area contributed by atoms with Gasteiger partial charge in [0, 0.05) is 36.3 Å². The van der Waals surface area contributed by atoms with Gasteiger partial charge in [-0.3, -0.25) is 9.63 Å². The molecule has 3 rings (SSSR count). The van der Waals surface area contributed by atoms with E-state index in [-0.39, 0.29) is 12.8 Å². The molecule has 1 amide bonds. The number of hydrogen-bond donors (Lipinski definition) is 0. The summed E-state index contributed by atoms with van der Waals surface area (Å²) in [4.78, 5) is 28.9. The third-order valence-corrected chi connectivity index (χ3v) is 5.14. The topological polar surface area (TPSA) is 104 Å². The molecular formula is C19H20F2N6O2. The van der Waals surface area contributed by atoms with Gasteiger partial charge >= 0.3 is 0 Å². The molecule has 0 spiro atoms. The van der Waals surface area contributed by atoms with Crippen LogP contribution in [-0.4, -0.2) is 47.1 Å². The van der Waals surface area contributed by atoms with Crippen LogP contribution in [0.25, 0.3) is 21.8 Å². The van der Waals surface area contributed by atoms with E-state index in [1.54, 1.807) is 42.7 Å². The van der Waals surface area contributed by atoms with Crippen LogP contribution in [0.5, 0.6) is 0 Å². The fourth-order valence-electron chi connectivity index (χ4n) is 3.80. The van der Waals surface area contributed by atoms with Crippen LogP contribution in [0.15, 0.2) is 47.8 Å². The van der Waals surface area contributed by atoms with Crippen molar-refractivity contribution in [1.82, 2.24) is 15.0 Å². The van der Waals surface area contributed by atoms with Gasteiger partial charge in [-0.15, -0.1) is 0 Å². The largest absolute Gasteiger partial charge is 0.275 e. The molecule has 0 N–H and O–H groups in total. The van der Waals surface area contributed by atoms with Crippen LogP contribution in [0.3, 0.4) is 0 Å². The molecule has 29 heavy (non-hydrogen) atoms. The number of rotatable bonds is 6. The Labute approximate surface area is 166 Å². The summed E-state index contributed by atoms with van der Waals surface area (Å²) >= 11 is 0. The number of hydroxylamine groups is 2. The fraction of sp³-hybridized carbons (Fsp3) is 0.421. The maximum atomic E-state index is 14.6. The zero-order chi connectivity index (χ0) is 21.1. The van der Waals surface area contributed by atoms with Crippen molar-refractivity contribution in [3.8, 4) is 11.4 Å². The van der Waals surface area contributed by atoms with E-state index in [0.29, 0.717) is 17.0 Å². The molecule has 0 unspecified atom stereocenters. The molecule has 1 fully saturated rings. The van der Waals surface area contributed by atoms with Gasteiger partial charge in [0.2, 0.25) is 0 Å². The van der Waals surface area contributed by atoms with Crippen molar-refractivity contribution < 1.29 is 18.4 Å². The van der Waals surface area contributed by atoms with Gasteiger partial charge in [0.1, 0.15) is 6.04 Å². The van der Waals surface area contributed by atoms with E-state index in [2.05, 4.69) is 20.0 Å². The quantitative estimate of drug-likeness (QED) is 0.317. The SMILES string of the molecule is CON(C)C(=O)[C@]1(Cc2cccc(-c3ncccn3)c2)C[C@@H](N=[N+]=[N-])C(F)(F)C1. The minimum Gasteiger partial charge on any atom is -0.275 e. The number of hydrogen-bond acceptors (Lipinski definition) is 5. The van der Waals surface area contributed by atoms with Crippen molar-refractivity contribution in [2.75, 3.05) is 14.2 Å². The molecule has 10 heteroatoms. The minimum absolute atomic E-state index is 0.0350. The van der Waals surface area contributed by atoms with Crippen LogP contribution in [0.2, 0.25) is 0 Å². The first kappa shape index (κ1) is 20.6. The second kappa shape index (κ2) is 8.10. The summed E-state index contributed by atoms with van der Waals surface area (Å²) in [5.41, 5.74) is 8.58. The molecular weight excluding hydrogens is 382 g/mol. The highest BCUT2D eigenvalue weighted by atomic mass is 19.3. The van der Waals surface area contributed by atoms with E-state index in [9.17, 15) is 13.6 Å². The van der Waals surface area contributed by atoms with Crippen LogP contribution in [0.1, 0.15) is 18.4 Å². The highest BCUT2D eigenvalue weighted by Gasteiger charge is 2.60. The van der Waals surface area contributed by atoms with E-state index < -0.39 is 29.7 Å². The van der Waals surface area contributed by atoms with Crippen LogP contribution in [0, 0.1) is 5.41 Å². The number of benzene rings is 1. The molecule has 8 nitrogen and oxygen atoms in total. The Morgan fingerprint density at radius 3 is 2.76 bits per heavy atom. The standard InChI is InChI=1S/C19H20F2N6O2/c1-27(29-2)17(28)18(11-15(25-26-22)19(20,21)12-18)10-13-5-3-6-14(9-13)16-23-7-4-8-24-16/h3-9,15H,10-12H2,1-2H3/t15-,18-/m1/s1. The summed E-state index contributed by atoms with van der Waals surface area (Å²) in [5, 5.41) is 4.19. The maximum Gasteiger partial charge on any atom is 0.257 e. The summed E-state index contributed by atoms with van der Waals surface area (Å²) in [7, 11) is 2.66. The lowest BCUT2D eigenvalue weighted by Crippen LogP contribution is -2.42. The van der Waals surface area contributed by atoms with Crippen LogP contribution in [0.4, 0.5) is 8.78 Å². The van der Waals surface area contributed by atoms with E-state index in [1.165, 1.54) is 14.2 Å². The van der Waals surface area contributed by atoms with Crippen molar-refractivity contribution in [2.45, 2.75) is 31.2 Å². The Morgan fingerprint density at radius 2 is 2.10 bits per heavy atom. The number of alkyl halides is 2. The molecule has 1 aromatic carbocycles. The minimum atomic E-state index is -3.30. The van der Waals surface area contributed by atoms with Crippen LogP contribution in [-0.2, 0) is 16.1 Å². The highest BCUT2D eigenvalue weighted by Crippen LogP contribution is 2.51. The van der Waals surface area contributed by atoms with Gasteiger partial charge in [0.25, 0.3) is 11.8 Å².